The molecule has 13 nitrogen and oxygen atoms in total. The van der Waals surface area contributed by atoms with Gasteiger partial charge < -0.3 is 25.6 Å². The van der Waals surface area contributed by atoms with Crippen LogP contribution in [0.1, 0.15) is 208 Å². The van der Waals surface area contributed by atoms with E-state index < -0.39 is 11.4 Å². The molecule has 5 saturated carbocycles. The zero-order chi connectivity index (χ0) is 42.7. The van der Waals surface area contributed by atoms with Gasteiger partial charge in [0.25, 0.3) is 0 Å². The molecule has 6 rings (SSSR count). The number of esters is 2. The van der Waals surface area contributed by atoms with E-state index in [9.17, 15) is 34.1 Å². The third kappa shape index (κ3) is 25.6. The number of carbonyl (C=O) groups is 5. The Morgan fingerprint density at radius 1 is 0.721 bits per heavy atom. The van der Waals surface area contributed by atoms with E-state index in [1.54, 1.807) is 13.0 Å². The van der Waals surface area contributed by atoms with Gasteiger partial charge in [0, 0.05) is 42.2 Å². The highest BCUT2D eigenvalue weighted by atomic mass is 35.5. The molecule has 0 aromatic heterocycles. The van der Waals surface area contributed by atoms with Gasteiger partial charge in [-0.1, -0.05) is 91.1 Å². The molecule has 6 fully saturated rings. The SMILES string of the molecule is C.C.CCOC(=O)C=C1CCCCC1.CCOC(=O)CC1(C[N+](=O)[O-])CCCCC1.Cl.NCC1(CC(=O)O)CCCCC1.O=C1CC2(CCCCC2)CN1.O=C1CCCCC1. The van der Waals surface area contributed by atoms with Gasteiger partial charge in [0.2, 0.25) is 12.5 Å². The summed E-state index contributed by atoms with van der Waals surface area (Å²) in [6.07, 6.45) is 30.8. The molecule has 0 bridgehead atoms. The predicted octanol–water partition coefficient (Wildman–Crippen LogP) is 10.6. The third-order valence-electron chi connectivity index (χ3n) is 12.7. The Kier molecular flexibility index (Phi) is 33.0. The smallest absolute Gasteiger partial charge is 0.330 e. The largest absolute Gasteiger partial charge is 0.481 e. The highest BCUT2D eigenvalue weighted by molar-refractivity contribution is 5.85. The fourth-order valence-electron chi connectivity index (χ4n) is 9.41. The average molecular weight is 889 g/mol. The van der Waals surface area contributed by atoms with Crippen LogP contribution in [0.4, 0.5) is 0 Å². The van der Waals surface area contributed by atoms with Crippen LogP contribution in [0.2, 0.25) is 0 Å². The van der Waals surface area contributed by atoms with E-state index in [1.807, 2.05) is 6.92 Å². The first-order valence-corrected chi connectivity index (χ1v) is 22.6. The number of nitrogens with zero attached hydrogens (tertiary/aromatic N) is 1. The lowest BCUT2D eigenvalue weighted by Gasteiger charge is -2.34. The zero-order valence-corrected chi connectivity index (χ0v) is 37.3. The first-order chi connectivity index (χ1) is 27.8. The number of amides is 1. The van der Waals surface area contributed by atoms with E-state index in [1.165, 1.54) is 69.8 Å². The number of aliphatic carboxylic acids is 1. The van der Waals surface area contributed by atoms with Crippen LogP contribution in [0.25, 0.3) is 0 Å². The summed E-state index contributed by atoms with van der Waals surface area (Å²) in [5, 5.41) is 22.3. The number of carbonyl (C=O) groups excluding carboxylic acids is 4. The molecule has 1 spiro atoms. The highest BCUT2D eigenvalue weighted by Gasteiger charge is 2.40. The maximum Gasteiger partial charge on any atom is 0.330 e. The highest BCUT2D eigenvalue weighted by Crippen LogP contribution is 2.42. The Morgan fingerprint density at radius 2 is 1.18 bits per heavy atom. The molecule has 6 aliphatic rings. The number of carboxylic acids is 1. The average Bonchev–Trinajstić information content (AvgIpc) is 3.55. The minimum Gasteiger partial charge on any atom is -0.481 e. The first-order valence-electron chi connectivity index (χ1n) is 22.6. The van der Waals surface area contributed by atoms with Crippen molar-refractivity contribution in [3.05, 3.63) is 21.8 Å². The molecule has 5 aliphatic carbocycles. The molecule has 1 saturated heterocycles. The normalized spacial score (nSPS) is 20.5. The maximum absolute atomic E-state index is 11.5. The molecule has 0 radical (unpaired) electrons. The molecule has 1 heterocycles. The van der Waals surface area contributed by atoms with Crippen LogP contribution >= 0.6 is 12.4 Å². The topological polar surface area (TPSA) is 205 Å². The van der Waals surface area contributed by atoms with Gasteiger partial charge in [-0.25, -0.2) is 4.79 Å². The number of hydrogen-bond donors (Lipinski definition) is 3. The number of rotatable bonds is 10. The van der Waals surface area contributed by atoms with Gasteiger partial charge in [0.15, 0.2) is 0 Å². The summed E-state index contributed by atoms with van der Waals surface area (Å²) in [4.78, 5) is 64.9. The summed E-state index contributed by atoms with van der Waals surface area (Å²) in [5.74, 6) is -0.443. The van der Waals surface area contributed by atoms with E-state index in [4.69, 9.17) is 20.3 Å². The summed E-state index contributed by atoms with van der Waals surface area (Å²) in [6, 6.07) is 0. The van der Waals surface area contributed by atoms with Crippen molar-refractivity contribution in [3.8, 4) is 0 Å². The van der Waals surface area contributed by atoms with E-state index in [0.29, 0.717) is 31.0 Å². The minimum absolute atomic E-state index is 0. The lowest BCUT2D eigenvalue weighted by atomic mass is 9.72. The van der Waals surface area contributed by atoms with E-state index >= 15 is 0 Å². The number of nitrogens with one attached hydrogen (secondary N) is 1. The van der Waals surface area contributed by atoms with Crippen LogP contribution in [0, 0.1) is 26.4 Å². The molecule has 1 amide bonds. The second-order valence-electron chi connectivity index (χ2n) is 17.6. The monoisotopic (exact) mass is 888 g/mol. The van der Waals surface area contributed by atoms with Crippen LogP contribution < -0.4 is 11.1 Å². The van der Waals surface area contributed by atoms with Gasteiger partial charge in [-0.15, -0.1) is 12.4 Å². The van der Waals surface area contributed by atoms with Crippen molar-refractivity contribution >= 4 is 42.0 Å². The summed E-state index contributed by atoms with van der Waals surface area (Å²) in [5.41, 5.74) is 6.74. The Morgan fingerprint density at radius 3 is 1.57 bits per heavy atom. The maximum atomic E-state index is 11.5. The molecule has 0 unspecified atom stereocenters. The van der Waals surface area contributed by atoms with Crippen LogP contribution in [0.3, 0.4) is 0 Å². The Labute approximate surface area is 374 Å². The predicted molar refractivity (Wildman–Crippen MR) is 245 cm³/mol. The van der Waals surface area contributed by atoms with E-state index in [-0.39, 0.29) is 74.8 Å². The van der Waals surface area contributed by atoms with Crippen molar-refractivity contribution in [1.82, 2.24) is 5.32 Å². The van der Waals surface area contributed by atoms with Crippen LogP contribution in [0.15, 0.2) is 11.6 Å². The number of halogens is 1. The molecule has 1 aliphatic heterocycles. The molecule has 14 heteroatoms. The number of hydrogen-bond acceptors (Lipinski definition) is 10. The Bertz CT molecular complexity index is 1290. The molecule has 61 heavy (non-hydrogen) atoms. The molecule has 356 valence electrons. The molecule has 0 aromatic carbocycles. The fraction of sp³-hybridized carbons (Fsp3) is 0.851. The number of ether oxygens (including phenoxy) is 2. The van der Waals surface area contributed by atoms with Crippen molar-refractivity contribution < 1.29 is 43.5 Å². The van der Waals surface area contributed by atoms with Crippen molar-refractivity contribution in [1.29, 1.82) is 0 Å². The van der Waals surface area contributed by atoms with Crippen LogP contribution in [-0.4, -0.2) is 72.5 Å². The van der Waals surface area contributed by atoms with Crippen LogP contribution in [0.5, 0.6) is 0 Å². The van der Waals surface area contributed by atoms with E-state index in [2.05, 4.69) is 5.32 Å². The van der Waals surface area contributed by atoms with Gasteiger partial charge in [0.1, 0.15) is 5.78 Å². The van der Waals surface area contributed by atoms with Crippen molar-refractivity contribution in [2.24, 2.45) is 22.0 Å². The van der Waals surface area contributed by atoms with Crippen molar-refractivity contribution in [3.63, 3.8) is 0 Å². The quantitative estimate of drug-likeness (QED) is 0.0814. The molecular weight excluding hydrogens is 802 g/mol. The standard InChI is InChI=1S/C11H19NO4.C10H16O2.C9H17NO2.C9H15NO.C6H10O.2CH4.ClH/c1-2-16-10(13)8-11(9-12(14)15)6-4-3-5-7-11;1-2-12-10(11)8-9-6-4-3-5-7-9;10-7-9(6-8(11)12)4-2-1-3-5-9;11-8-6-9(7-10-8)4-2-1-3-5-9;7-6-4-2-1-3-5-6;;;/h2-9H2,1H3;8H,2-7H2,1H3;1-7,10H2,(H,11,12);1-7H2,(H,10,11);1-5H2;2*1H4;1H. The summed E-state index contributed by atoms with van der Waals surface area (Å²) in [7, 11) is 0. The lowest BCUT2D eigenvalue weighted by Crippen LogP contribution is -2.35. The first kappa shape index (κ1) is 60.0. The zero-order valence-electron chi connectivity index (χ0n) is 36.5. The number of nitrogens with two attached hydrogens (primary N) is 1. The minimum atomic E-state index is -0.706. The number of Topliss-reactive ketones (excluding diaryl/α,β-unsaturated/α-hetero) is 1. The second-order valence-corrected chi connectivity index (χ2v) is 17.6. The fourth-order valence-corrected chi connectivity index (χ4v) is 9.41. The van der Waals surface area contributed by atoms with Gasteiger partial charge >= 0.3 is 17.9 Å². The number of allylic oxidation sites excluding steroid dienone is 1. The van der Waals surface area contributed by atoms with Gasteiger partial charge in [-0.3, -0.25) is 29.3 Å². The summed E-state index contributed by atoms with van der Waals surface area (Å²) < 4.78 is 9.72. The summed E-state index contributed by atoms with van der Waals surface area (Å²) in [6.45, 7) is 5.77. The van der Waals surface area contributed by atoms with Gasteiger partial charge in [-0.05, 0) is 108 Å². The summed E-state index contributed by atoms with van der Waals surface area (Å²) >= 11 is 0. The number of nitro groups is 1. The number of ketones is 1. The van der Waals surface area contributed by atoms with Crippen molar-refractivity contribution in [2.45, 2.75) is 208 Å². The van der Waals surface area contributed by atoms with Crippen LogP contribution in [-0.2, 0) is 33.4 Å². The number of carboxylic acid groups (broad SMARTS) is 1. The lowest BCUT2D eigenvalue weighted by molar-refractivity contribution is -0.498. The second kappa shape index (κ2) is 33.5. The Balaban J connectivity index is 0. The molecule has 0 atom stereocenters. The van der Waals surface area contributed by atoms with Gasteiger partial charge in [-0.2, -0.15) is 0 Å². The van der Waals surface area contributed by atoms with Gasteiger partial charge in [0.05, 0.1) is 26.1 Å². The van der Waals surface area contributed by atoms with E-state index in [0.717, 1.165) is 109 Å². The Hall–Kier alpha value is -3.06. The molecule has 0 aromatic rings. The molecular formula is C47H86ClN3O10. The molecule has 4 N–H and O–H groups in total. The van der Waals surface area contributed by atoms with Crippen molar-refractivity contribution in [2.75, 3.05) is 32.8 Å². The third-order valence-corrected chi connectivity index (χ3v) is 12.7.